The first-order valence-electron chi connectivity index (χ1n) is 6.28. The van der Waals surface area contributed by atoms with Crippen molar-refractivity contribution in [1.82, 2.24) is 9.88 Å². The van der Waals surface area contributed by atoms with Crippen LogP contribution in [0.3, 0.4) is 0 Å². The molecule has 3 rings (SSSR count). The molecule has 1 N–H and O–H groups in total. The van der Waals surface area contributed by atoms with Crippen LogP contribution in [0.25, 0.3) is 0 Å². The molecule has 0 aromatic carbocycles. The highest BCUT2D eigenvalue weighted by molar-refractivity contribution is 7.07. The summed E-state index contributed by atoms with van der Waals surface area (Å²) in [5.74, 6) is -0.0913. The van der Waals surface area contributed by atoms with E-state index >= 15 is 0 Å². The van der Waals surface area contributed by atoms with Gasteiger partial charge in [0.1, 0.15) is 5.69 Å². The number of nitrogens with one attached hydrogen (secondary N) is 1. The highest BCUT2D eigenvalue weighted by Crippen LogP contribution is 2.33. The third kappa shape index (κ3) is 2.33. The van der Waals surface area contributed by atoms with Gasteiger partial charge in [-0.15, -0.1) is 0 Å². The number of pyridine rings is 1. The van der Waals surface area contributed by atoms with Crippen molar-refractivity contribution in [1.29, 1.82) is 0 Å². The molecule has 0 radical (unpaired) electrons. The fourth-order valence-electron chi connectivity index (χ4n) is 2.55. The van der Waals surface area contributed by atoms with Crippen molar-refractivity contribution in [3.63, 3.8) is 0 Å². The Kier molecular flexibility index (Phi) is 3.21. The van der Waals surface area contributed by atoms with Gasteiger partial charge < -0.3 is 9.88 Å². The predicted molar refractivity (Wildman–Crippen MR) is 74.4 cm³/mol. The summed E-state index contributed by atoms with van der Waals surface area (Å²) in [6, 6.07) is 6.89. The first-order valence-corrected chi connectivity index (χ1v) is 7.22. The number of carbonyl (C=O) groups excluding carboxylic acids is 1. The average molecular weight is 274 g/mol. The predicted octanol–water partition coefficient (Wildman–Crippen LogP) is 2.41. The number of carbonyl (C=O) groups is 1. The quantitative estimate of drug-likeness (QED) is 0.914. The number of hydrogen-bond donors (Lipinski definition) is 1. The zero-order valence-electron chi connectivity index (χ0n) is 10.3. The topological polar surface area (TPSA) is 53.2 Å². The van der Waals surface area contributed by atoms with Crippen molar-refractivity contribution in [2.75, 3.05) is 6.54 Å². The van der Waals surface area contributed by atoms with Crippen LogP contribution >= 0.6 is 11.3 Å². The highest BCUT2D eigenvalue weighted by Gasteiger charge is 2.31. The largest absolute Gasteiger partial charge is 0.330 e. The van der Waals surface area contributed by atoms with E-state index in [1.807, 2.05) is 10.3 Å². The number of thiophene rings is 1. The molecule has 2 aromatic heterocycles. The second-order valence-corrected chi connectivity index (χ2v) is 5.42. The Morgan fingerprint density at radius 3 is 3.00 bits per heavy atom. The lowest BCUT2D eigenvalue weighted by Crippen LogP contribution is -2.32. The molecule has 5 heteroatoms. The Bertz CT molecular complexity index is 633. The van der Waals surface area contributed by atoms with Crippen LogP contribution < -0.4 is 5.56 Å². The van der Waals surface area contributed by atoms with Crippen LogP contribution in [0.15, 0.2) is 39.8 Å². The van der Waals surface area contributed by atoms with Crippen LogP contribution in [0, 0.1) is 0 Å². The molecule has 0 bridgehead atoms. The maximum Gasteiger partial charge on any atom is 0.270 e. The van der Waals surface area contributed by atoms with Gasteiger partial charge in [-0.25, -0.2) is 0 Å². The fraction of sp³-hybridized carbons (Fsp3) is 0.286. The van der Waals surface area contributed by atoms with Crippen molar-refractivity contribution in [2.45, 2.75) is 18.9 Å². The van der Waals surface area contributed by atoms with E-state index in [4.69, 9.17) is 0 Å². The Labute approximate surface area is 114 Å². The summed E-state index contributed by atoms with van der Waals surface area (Å²) in [7, 11) is 0. The average Bonchev–Trinajstić information content (AvgIpc) is 3.08. The van der Waals surface area contributed by atoms with Crippen LogP contribution in [0.4, 0.5) is 0 Å². The molecule has 1 unspecified atom stereocenters. The molecule has 1 fully saturated rings. The van der Waals surface area contributed by atoms with Crippen molar-refractivity contribution < 1.29 is 4.79 Å². The minimum Gasteiger partial charge on any atom is -0.330 e. The molecule has 0 spiro atoms. The lowest BCUT2D eigenvalue weighted by atomic mass is 10.1. The molecule has 1 aliphatic heterocycles. The number of amides is 1. The highest BCUT2D eigenvalue weighted by atomic mass is 32.1. The van der Waals surface area contributed by atoms with Gasteiger partial charge in [0.15, 0.2) is 0 Å². The Hall–Kier alpha value is -1.88. The van der Waals surface area contributed by atoms with E-state index in [0.717, 1.165) is 19.4 Å². The smallest absolute Gasteiger partial charge is 0.270 e. The molecular weight excluding hydrogens is 260 g/mol. The lowest BCUT2D eigenvalue weighted by Gasteiger charge is -2.24. The summed E-state index contributed by atoms with van der Waals surface area (Å²) in [5, 5.41) is 4.12. The Morgan fingerprint density at radius 1 is 1.37 bits per heavy atom. The molecule has 0 saturated carbocycles. The third-order valence-electron chi connectivity index (χ3n) is 3.44. The number of likely N-dealkylation sites (tertiary alicyclic amines) is 1. The number of nitrogens with zero attached hydrogens (tertiary/aromatic N) is 1. The molecule has 98 valence electrons. The van der Waals surface area contributed by atoms with E-state index < -0.39 is 0 Å². The zero-order chi connectivity index (χ0) is 13.2. The Balaban J connectivity index is 1.89. The van der Waals surface area contributed by atoms with Crippen molar-refractivity contribution >= 4 is 17.2 Å². The maximum absolute atomic E-state index is 12.5. The van der Waals surface area contributed by atoms with Crippen LogP contribution in [-0.2, 0) is 0 Å². The number of H-pyrrole nitrogens is 1. The third-order valence-corrected chi connectivity index (χ3v) is 4.14. The van der Waals surface area contributed by atoms with Crippen LogP contribution in [-0.4, -0.2) is 22.3 Å². The van der Waals surface area contributed by atoms with Gasteiger partial charge >= 0.3 is 0 Å². The number of hydrogen-bond acceptors (Lipinski definition) is 3. The van der Waals surface area contributed by atoms with Gasteiger partial charge in [-0.2, -0.15) is 11.3 Å². The van der Waals surface area contributed by atoms with Gasteiger partial charge in [0.2, 0.25) is 5.56 Å². The first kappa shape index (κ1) is 12.2. The summed E-state index contributed by atoms with van der Waals surface area (Å²) < 4.78 is 0. The summed E-state index contributed by atoms with van der Waals surface area (Å²) in [4.78, 5) is 28.2. The maximum atomic E-state index is 12.5. The van der Waals surface area contributed by atoms with Crippen LogP contribution in [0.2, 0.25) is 0 Å². The van der Waals surface area contributed by atoms with Gasteiger partial charge in [-0.1, -0.05) is 6.07 Å². The summed E-state index contributed by atoms with van der Waals surface area (Å²) in [6.07, 6.45) is 1.99. The van der Waals surface area contributed by atoms with E-state index in [2.05, 4.69) is 16.4 Å². The van der Waals surface area contributed by atoms with E-state index in [-0.39, 0.29) is 17.5 Å². The molecule has 2 aromatic rings. The van der Waals surface area contributed by atoms with Crippen LogP contribution in [0.5, 0.6) is 0 Å². The van der Waals surface area contributed by atoms with Crippen molar-refractivity contribution in [3.8, 4) is 0 Å². The monoisotopic (exact) mass is 274 g/mol. The van der Waals surface area contributed by atoms with E-state index in [1.54, 1.807) is 23.5 Å². The molecule has 1 saturated heterocycles. The van der Waals surface area contributed by atoms with Crippen molar-refractivity contribution in [3.05, 3.63) is 56.6 Å². The van der Waals surface area contributed by atoms with Gasteiger partial charge in [0.05, 0.1) is 6.04 Å². The Morgan fingerprint density at radius 2 is 2.26 bits per heavy atom. The summed E-state index contributed by atoms with van der Waals surface area (Å²) >= 11 is 1.64. The molecule has 1 amide bonds. The van der Waals surface area contributed by atoms with Gasteiger partial charge in [-0.3, -0.25) is 9.59 Å². The molecule has 1 atom stereocenters. The van der Waals surface area contributed by atoms with Gasteiger partial charge in [-0.05, 0) is 41.3 Å². The van der Waals surface area contributed by atoms with E-state index in [0.29, 0.717) is 5.69 Å². The number of aromatic amines is 1. The van der Waals surface area contributed by atoms with Gasteiger partial charge in [0, 0.05) is 12.6 Å². The summed E-state index contributed by atoms with van der Waals surface area (Å²) in [6.45, 7) is 0.746. The normalized spacial score (nSPS) is 18.7. The van der Waals surface area contributed by atoms with Crippen molar-refractivity contribution in [2.24, 2.45) is 0 Å². The summed E-state index contributed by atoms with van der Waals surface area (Å²) in [5.41, 5.74) is 1.32. The lowest BCUT2D eigenvalue weighted by molar-refractivity contribution is 0.0729. The van der Waals surface area contributed by atoms with Gasteiger partial charge in [0.25, 0.3) is 5.91 Å². The minimum atomic E-state index is -0.239. The molecular formula is C14H14N2O2S. The fourth-order valence-corrected chi connectivity index (χ4v) is 3.26. The van der Waals surface area contributed by atoms with Crippen LogP contribution in [0.1, 0.15) is 34.9 Å². The SMILES string of the molecule is O=C(c1cccc(=O)[nH]1)N1CCCC1c1ccsc1. The molecule has 3 heterocycles. The zero-order valence-corrected chi connectivity index (χ0v) is 11.2. The number of aromatic nitrogens is 1. The second-order valence-electron chi connectivity index (χ2n) is 4.64. The van der Waals surface area contributed by atoms with E-state index in [1.165, 1.54) is 11.6 Å². The number of rotatable bonds is 2. The molecule has 1 aliphatic rings. The second kappa shape index (κ2) is 5.01. The van der Waals surface area contributed by atoms with E-state index in [9.17, 15) is 9.59 Å². The molecule has 19 heavy (non-hydrogen) atoms. The molecule has 4 nitrogen and oxygen atoms in total. The minimum absolute atomic E-state index is 0.0913. The molecule has 0 aliphatic carbocycles. The first-order chi connectivity index (χ1) is 9.25. The standard InChI is InChI=1S/C14H14N2O2S/c17-13-5-1-3-11(15-13)14(18)16-7-2-4-12(16)10-6-8-19-9-10/h1,3,5-6,8-9,12H,2,4,7H2,(H,15,17).